The molecule has 1 aliphatic rings. The number of anilines is 2. The van der Waals surface area contributed by atoms with E-state index in [0.717, 1.165) is 25.3 Å². The lowest BCUT2D eigenvalue weighted by Gasteiger charge is -2.50. The molecule has 1 aromatic heterocycles. The number of carbonyl (C=O) groups excluding carboxylic acids is 1. The van der Waals surface area contributed by atoms with Gasteiger partial charge >= 0.3 is 6.18 Å². The summed E-state index contributed by atoms with van der Waals surface area (Å²) in [5.41, 5.74) is 7.52. The van der Waals surface area contributed by atoms with E-state index in [0.29, 0.717) is 25.1 Å². The molecule has 0 aromatic carbocycles. The Kier molecular flexibility index (Phi) is 12.4. The molecule has 40 heavy (non-hydrogen) atoms. The van der Waals surface area contributed by atoms with Crippen LogP contribution in [0, 0.1) is 11.3 Å². The normalized spacial score (nSPS) is 19.7. The van der Waals surface area contributed by atoms with Gasteiger partial charge in [0.05, 0.1) is 6.04 Å². The number of nitriles is 1. The highest BCUT2D eigenvalue weighted by Crippen LogP contribution is 2.28. The second kappa shape index (κ2) is 15.0. The van der Waals surface area contributed by atoms with E-state index in [9.17, 15) is 23.2 Å². The van der Waals surface area contributed by atoms with E-state index in [4.69, 9.17) is 5.73 Å². The van der Waals surface area contributed by atoms with Crippen molar-refractivity contribution < 1.29 is 18.0 Å². The third-order valence-electron chi connectivity index (χ3n) is 6.90. The van der Waals surface area contributed by atoms with Crippen LogP contribution in [0.4, 0.5) is 24.8 Å². The lowest BCUT2D eigenvalue weighted by molar-refractivity contribution is -0.170. The largest absolute Gasteiger partial charge is 0.403 e. The van der Waals surface area contributed by atoms with Crippen LogP contribution >= 0.6 is 0 Å². The summed E-state index contributed by atoms with van der Waals surface area (Å²) in [7, 11) is 1.89. The Balaban J connectivity index is 2.48. The number of nitrogens with one attached hydrogen (secondary N) is 2. The number of nitrogens with zero attached hydrogens (tertiary/aromatic N) is 6. The molecule has 222 valence electrons. The zero-order valence-corrected chi connectivity index (χ0v) is 24.2. The predicted octanol–water partition coefficient (Wildman–Crippen LogP) is 3.67. The van der Waals surface area contributed by atoms with Crippen LogP contribution in [0.5, 0.6) is 0 Å². The van der Waals surface area contributed by atoms with E-state index < -0.39 is 24.4 Å². The molecule has 4 N–H and O–H groups in total. The van der Waals surface area contributed by atoms with Gasteiger partial charge < -0.3 is 16.4 Å². The van der Waals surface area contributed by atoms with Crippen LogP contribution in [0.3, 0.4) is 0 Å². The molecule has 3 atom stereocenters. The van der Waals surface area contributed by atoms with Gasteiger partial charge in [-0.25, -0.2) is 15.0 Å². The fraction of sp³-hybridized carbons (Fsp3) is 0.630. The van der Waals surface area contributed by atoms with Gasteiger partial charge in [-0.05, 0) is 39.3 Å². The van der Waals surface area contributed by atoms with Gasteiger partial charge in [-0.1, -0.05) is 39.3 Å². The van der Waals surface area contributed by atoms with Crippen LogP contribution in [0.25, 0.3) is 0 Å². The monoisotopic (exact) mass is 565 g/mol. The maximum Gasteiger partial charge on any atom is 0.403 e. The van der Waals surface area contributed by atoms with Crippen LogP contribution in [-0.4, -0.2) is 88.4 Å². The number of hydrogen-bond donors (Lipinski definition) is 3. The van der Waals surface area contributed by atoms with Crippen molar-refractivity contribution in [3.8, 4) is 6.07 Å². The number of carbonyl (C=O) groups is 1. The fourth-order valence-corrected chi connectivity index (χ4v) is 4.66. The first-order chi connectivity index (χ1) is 18.9. The molecule has 13 heteroatoms. The smallest absolute Gasteiger partial charge is 0.382 e. The first kappa shape index (κ1) is 33.0. The number of hydrogen-bond acceptors (Lipinski definition) is 9. The first-order valence-corrected chi connectivity index (χ1v) is 13.6. The van der Waals surface area contributed by atoms with Gasteiger partial charge in [-0.2, -0.15) is 18.4 Å². The molecule has 2 unspecified atom stereocenters. The van der Waals surface area contributed by atoms with Gasteiger partial charge in [0, 0.05) is 31.8 Å². The quantitative estimate of drug-likeness (QED) is 0.307. The molecule has 1 amide bonds. The first-order valence-electron chi connectivity index (χ1n) is 13.6. The van der Waals surface area contributed by atoms with Crippen molar-refractivity contribution in [1.82, 2.24) is 30.2 Å². The SMILES string of the molecule is CCCC=C/C(CC)=C1\CN(C)C([C@H](C)Nc2ncnc(N)c2C#N)N(N(CC)CCNC(C)C(F)(F)F)C1=O. The second-order valence-corrected chi connectivity index (χ2v) is 9.82. The number of likely N-dealkylation sites (N-methyl/N-ethyl adjacent to an activating group) is 2. The van der Waals surface area contributed by atoms with Crippen LogP contribution in [-0.2, 0) is 4.79 Å². The van der Waals surface area contributed by atoms with Crippen LogP contribution in [0.1, 0.15) is 59.4 Å². The number of hydrazine groups is 1. The maximum absolute atomic E-state index is 14.1. The standard InChI is InChI=1S/C27H42F3N9O/c1-7-10-11-12-20(8-2)22-16-37(6)25(18(4)36-24-21(15-31)23(32)34-17-35-24)39(26(22)40)38(9-3)14-13-33-19(5)27(28,29)30/h11-12,17-19,25,33H,7-10,13-14,16H2,1-6H3,(H3,32,34,35,36)/b12-11?,22-20+/t18-,19?,25?/m0/s1. The van der Waals surface area contributed by atoms with Crippen molar-refractivity contribution in [2.24, 2.45) is 0 Å². The molecule has 2 rings (SSSR count). The Morgan fingerprint density at radius 2 is 2.02 bits per heavy atom. The van der Waals surface area contributed by atoms with E-state index in [1.54, 1.807) is 10.0 Å². The number of nitrogens with two attached hydrogens (primary N) is 1. The minimum Gasteiger partial charge on any atom is -0.382 e. The summed E-state index contributed by atoms with van der Waals surface area (Å²) >= 11 is 0. The van der Waals surface area contributed by atoms with Crippen molar-refractivity contribution in [1.29, 1.82) is 5.26 Å². The zero-order valence-electron chi connectivity index (χ0n) is 24.2. The van der Waals surface area contributed by atoms with Gasteiger partial charge in [0.25, 0.3) is 5.91 Å². The average Bonchev–Trinajstić information content (AvgIpc) is 2.90. The summed E-state index contributed by atoms with van der Waals surface area (Å²) in [6, 6.07) is -0.121. The summed E-state index contributed by atoms with van der Waals surface area (Å²) < 4.78 is 39.3. The molecule has 1 saturated heterocycles. The molecule has 1 aromatic rings. The maximum atomic E-state index is 14.1. The van der Waals surface area contributed by atoms with Crippen molar-refractivity contribution in [2.75, 3.05) is 44.3 Å². The van der Waals surface area contributed by atoms with E-state index in [1.165, 1.54) is 6.33 Å². The van der Waals surface area contributed by atoms with Crippen molar-refractivity contribution in [3.63, 3.8) is 0 Å². The molecule has 1 fully saturated rings. The number of alkyl halides is 3. The van der Waals surface area contributed by atoms with Crippen molar-refractivity contribution >= 4 is 17.5 Å². The van der Waals surface area contributed by atoms with Gasteiger partial charge in [-0.3, -0.25) is 14.7 Å². The number of aromatic nitrogens is 2. The average molecular weight is 566 g/mol. The molecule has 0 spiro atoms. The molecular formula is C27H42F3N9O. The predicted molar refractivity (Wildman–Crippen MR) is 150 cm³/mol. The zero-order chi connectivity index (χ0) is 30.0. The fourth-order valence-electron chi connectivity index (χ4n) is 4.66. The van der Waals surface area contributed by atoms with E-state index in [-0.39, 0.29) is 36.2 Å². The summed E-state index contributed by atoms with van der Waals surface area (Å²) in [4.78, 5) is 24.2. The van der Waals surface area contributed by atoms with E-state index >= 15 is 0 Å². The minimum absolute atomic E-state index is 0.0215. The molecule has 1 aliphatic heterocycles. The summed E-state index contributed by atoms with van der Waals surface area (Å²) in [6.45, 7) is 9.82. The van der Waals surface area contributed by atoms with Crippen LogP contribution in [0.2, 0.25) is 0 Å². The third kappa shape index (κ3) is 8.16. The Morgan fingerprint density at radius 3 is 2.60 bits per heavy atom. The van der Waals surface area contributed by atoms with E-state index in [1.807, 2.05) is 44.9 Å². The van der Waals surface area contributed by atoms with Gasteiger partial charge in [-0.15, -0.1) is 0 Å². The highest BCUT2D eigenvalue weighted by Gasteiger charge is 2.42. The lowest BCUT2D eigenvalue weighted by Crippen LogP contribution is -2.67. The Hall–Kier alpha value is -3.21. The number of allylic oxidation sites excluding steroid dienone is 3. The van der Waals surface area contributed by atoms with Crippen LogP contribution in [0.15, 0.2) is 29.6 Å². The minimum atomic E-state index is -4.37. The number of halogens is 3. The second-order valence-electron chi connectivity index (χ2n) is 9.82. The number of unbranched alkanes of at least 4 members (excludes halogenated alkanes) is 1. The Morgan fingerprint density at radius 1 is 1.32 bits per heavy atom. The number of nitrogen functional groups attached to an aromatic ring is 1. The van der Waals surface area contributed by atoms with E-state index in [2.05, 4.69) is 33.6 Å². The summed E-state index contributed by atoms with van der Waals surface area (Å²) in [6.07, 6.45) is 2.93. The number of amides is 1. The molecule has 2 heterocycles. The number of rotatable bonds is 13. The highest BCUT2D eigenvalue weighted by atomic mass is 19.4. The van der Waals surface area contributed by atoms with Crippen LogP contribution < -0.4 is 16.4 Å². The van der Waals surface area contributed by atoms with Gasteiger partial charge in [0.15, 0.2) is 0 Å². The third-order valence-corrected chi connectivity index (χ3v) is 6.90. The highest BCUT2D eigenvalue weighted by molar-refractivity contribution is 5.96. The Labute approximate surface area is 235 Å². The van der Waals surface area contributed by atoms with Crippen molar-refractivity contribution in [3.05, 3.63) is 35.2 Å². The molecule has 10 nitrogen and oxygen atoms in total. The molecular weight excluding hydrogens is 523 g/mol. The van der Waals surface area contributed by atoms with Gasteiger partial charge in [0.2, 0.25) is 0 Å². The molecule has 0 radical (unpaired) electrons. The summed E-state index contributed by atoms with van der Waals surface area (Å²) in [5.74, 6) is 0.0714. The van der Waals surface area contributed by atoms with Gasteiger partial charge in [0.1, 0.15) is 41.8 Å². The molecule has 0 saturated carbocycles. The topological polar surface area (TPSA) is 126 Å². The lowest BCUT2D eigenvalue weighted by atomic mass is 9.99. The Bertz CT molecular complexity index is 1100. The molecule has 0 aliphatic carbocycles. The molecule has 0 bridgehead atoms. The van der Waals surface area contributed by atoms with Crippen molar-refractivity contribution in [2.45, 2.75) is 78.3 Å². The summed E-state index contributed by atoms with van der Waals surface area (Å²) in [5, 5.41) is 18.7.